The SMILES string of the molecule is COc1ccc(C2/C(=C(\O)c3ccc4c(c3)CC(C)O4)C(=O)C(=O)N2CCCN2CCOCC2)cc1. The normalized spacial score (nSPS) is 23.6. The highest BCUT2D eigenvalue weighted by atomic mass is 16.5. The molecule has 2 aromatic carbocycles. The number of aliphatic hydroxyl groups is 1. The Morgan fingerprint density at radius 3 is 2.56 bits per heavy atom. The van der Waals surface area contributed by atoms with Crippen LogP contribution in [-0.2, 0) is 20.7 Å². The number of rotatable bonds is 7. The summed E-state index contributed by atoms with van der Waals surface area (Å²) in [5, 5.41) is 11.4. The molecule has 36 heavy (non-hydrogen) atoms. The Kier molecular flexibility index (Phi) is 6.98. The van der Waals surface area contributed by atoms with Crippen molar-refractivity contribution in [2.45, 2.75) is 31.9 Å². The van der Waals surface area contributed by atoms with Crippen molar-refractivity contribution in [3.8, 4) is 11.5 Å². The maximum atomic E-state index is 13.3. The molecule has 0 bridgehead atoms. The van der Waals surface area contributed by atoms with E-state index in [0.29, 0.717) is 37.5 Å². The lowest BCUT2D eigenvalue weighted by atomic mass is 9.94. The Labute approximate surface area is 211 Å². The third kappa shape index (κ3) is 4.70. The van der Waals surface area contributed by atoms with Crippen molar-refractivity contribution in [3.63, 3.8) is 0 Å². The first-order valence-corrected chi connectivity index (χ1v) is 12.5. The molecule has 3 aliphatic rings. The fourth-order valence-electron chi connectivity index (χ4n) is 5.26. The monoisotopic (exact) mass is 492 g/mol. The summed E-state index contributed by atoms with van der Waals surface area (Å²) in [6.45, 7) is 6.35. The molecule has 1 N–H and O–H groups in total. The molecule has 2 unspecified atom stereocenters. The summed E-state index contributed by atoms with van der Waals surface area (Å²) in [6.07, 6.45) is 1.51. The van der Waals surface area contributed by atoms with E-state index >= 15 is 0 Å². The van der Waals surface area contributed by atoms with Gasteiger partial charge < -0.3 is 24.2 Å². The predicted octanol–water partition coefficient (Wildman–Crippen LogP) is 3.16. The van der Waals surface area contributed by atoms with Crippen LogP contribution in [0.1, 0.15) is 36.1 Å². The van der Waals surface area contributed by atoms with E-state index in [1.165, 1.54) is 0 Å². The first-order chi connectivity index (χ1) is 17.5. The van der Waals surface area contributed by atoms with Crippen LogP contribution in [0.4, 0.5) is 0 Å². The van der Waals surface area contributed by atoms with Crippen molar-refractivity contribution in [1.29, 1.82) is 0 Å². The number of Topliss-reactive ketones (excluding diaryl/α,β-unsaturated/α-hetero) is 1. The Morgan fingerprint density at radius 2 is 1.83 bits per heavy atom. The summed E-state index contributed by atoms with van der Waals surface area (Å²) >= 11 is 0. The molecule has 8 heteroatoms. The van der Waals surface area contributed by atoms with Crippen LogP contribution in [0.2, 0.25) is 0 Å². The molecular weight excluding hydrogens is 460 g/mol. The van der Waals surface area contributed by atoms with E-state index < -0.39 is 17.7 Å². The number of ketones is 1. The average Bonchev–Trinajstić information content (AvgIpc) is 3.40. The molecule has 3 aliphatic heterocycles. The summed E-state index contributed by atoms with van der Waals surface area (Å²) in [5.74, 6) is 0.0551. The van der Waals surface area contributed by atoms with Gasteiger partial charge in [-0.3, -0.25) is 14.5 Å². The molecule has 0 aromatic heterocycles. The molecule has 190 valence electrons. The van der Waals surface area contributed by atoms with Gasteiger partial charge in [-0.15, -0.1) is 0 Å². The second kappa shape index (κ2) is 10.3. The van der Waals surface area contributed by atoms with E-state index in [1.54, 1.807) is 30.2 Å². The molecule has 1 amide bonds. The summed E-state index contributed by atoms with van der Waals surface area (Å²) in [6, 6.07) is 12.0. The molecule has 2 aromatic rings. The van der Waals surface area contributed by atoms with E-state index in [9.17, 15) is 14.7 Å². The number of fused-ring (bicyclic) bond motifs is 1. The summed E-state index contributed by atoms with van der Waals surface area (Å²) in [5.41, 5.74) is 2.35. The smallest absolute Gasteiger partial charge is 0.295 e. The molecule has 2 saturated heterocycles. The minimum Gasteiger partial charge on any atom is -0.507 e. The molecular formula is C28H32N2O6. The number of amides is 1. The number of hydrogen-bond acceptors (Lipinski definition) is 7. The maximum Gasteiger partial charge on any atom is 0.295 e. The van der Waals surface area contributed by atoms with E-state index in [0.717, 1.165) is 42.9 Å². The average molecular weight is 493 g/mol. The highest BCUT2D eigenvalue weighted by Crippen LogP contribution is 2.41. The third-order valence-electron chi connectivity index (χ3n) is 7.12. The minimum absolute atomic E-state index is 0.0636. The van der Waals surface area contributed by atoms with Crippen molar-refractivity contribution in [3.05, 3.63) is 64.7 Å². The molecule has 5 rings (SSSR count). The largest absolute Gasteiger partial charge is 0.507 e. The minimum atomic E-state index is -0.677. The van der Waals surface area contributed by atoms with E-state index in [4.69, 9.17) is 14.2 Å². The molecule has 0 aliphatic carbocycles. The zero-order chi connectivity index (χ0) is 25.2. The highest BCUT2D eigenvalue weighted by Gasteiger charge is 2.46. The quantitative estimate of drug-likeness (QED) is 0.361. The van der Waals surface area contributed by atoms with Crippen LogP contribution in [-0.4, -0.2) is 79.2 Å². The van der Waals surface area contributed by atoms with Crippen molar-refractivity contribution >= 4 is 17.4 Å². The van der Waals surface area contributed by atoms with Gasteiger partial charge in [0.1, 0.15) is 23.4 Å². The number of ether oxygens (including phenoxy) is 3. The summed E-state index contributed by atoms with van der Waals surface area (Å²) < 4.78 is 16.5. The zero-order valence-corrected chi connectivity index (χ0v) is 20.7. The van der Waals surface area contributed by atoms with Gasteiger partial charge >= 0.3 is 0 Å². The Bertz CT molecular complexity index is 1170. The zero-order valence-electron chi connectivity index (χ0n) is 20.7. The highest BCUT2D eigenvalue weighted by molar-refractivity contribution is 6.46. The van der Waals surface area contributed by atoms with Gasteiger partial charge in [0.2, 0.25) is 0 Å². The number of benzene rings is 2. The number of methoxy groups -OCH3 is 1. The van der Waals surface area contributed by atoms with Crippen molar-refractivity contribution < 1.29 is 28.9 Å². The van der Waals surface area contributed by atoms with E-state index in [-0.39, 0.29) is 17.4 Å². The van der Waals surface area contributed by atoms with Crippen LogP contribution >= 0.6 is 0 Å². The number of aliphatic hydroxyl groups excluding tert-OH is 1. The van der Waals surface area contributed by atoms with Gasteiger partial charge in [0, 0.05) is 38.2 Å². The lowest BCUT2D eigenvalue weighted by molar-refractivity contribution is -0.140. The Hall–Kier alpha value is -3.36. The number of hydrogen-bond donors (Lipinski definition) is 1. The van der Waals surface area contributed by atoms with Crippen LogP contribution in [0.3, 0.4) is 0 Å². The lowest BCUT2D eigenvalue weighted by Crippen LogP contribution is -2.38. The van der Waals surface area contributed by atoms with Crippen LogP contribution in [0.5, 0.6) is 11.5 Å². The molecule has 8 nitrogen and oxygen atoms in total. The molecule has 0 radical (unpaired) electrons. The van der Waals surface area contributed by atoms with Gasteiger partial charge in [-0.25, -0.2) is 0 Å². The van der Waals surface area contributed by atoms with Gasteiger partial charge in [0.25, 0.3) is 11.7 Å². The third-order valence-corrected chi connectivity index (χ3v) is 7.12. The summed E-state index contributed by atoms with van der Waals surface area (Å²) in [7, 11) is 1.59. The molecule has 2 fully saturated rings. The van der Waals surface area contributed by atoms with Crippen molar-refractivity contribution in [1.82, 2.24) is 9.80 Å². The fraction of sp³-hybridized carbons (Fsp3) is 0.429. The first-order valence-electron chi connectivity index (χ1n) is 12.5. The number of morpholine rings is 1. The maximum absolute atomic E-state index is 13.3. The van der Waals surface area contributed by atoms with Gasteiger partial charge in [-0.2, -0.15) is 0 Å². The Balaban J connectivity index is 1.48. The first kappa shape index (κ1) is 24.3. The standard InChI is InChI=1S/C28H32N2O6/c1-18-16-21-17-20(6-9-23(21)36-18)26(31)24-25(19-4-7-22(34-2)8-5-19)30(28(33)27(24)32)11-3-10-29-12-14-35-15-13-29/h4-9,17-18,25,31H,3,10-16H2,1-2H3/b26-24+. The van der Waals surface area contributed by atoms with Gasteiger partial charge in [0.15, 0.2) is 0 Å². The molecule has 3 heterocycles. The van der Waals surface area contributed by atoms with Gasteiger partial charge in [-0.05, 0) is 54.8 Å². The van der Waals surface area contributed by atoms with Crippen LogP contribution in [0, 0.1) is 0 Å². The Morgan fingerprint density at radius 1 is 1.08 bits per heavy atom. The van der Waals surface area contributed by atoms with E-state index in [2.05, 4.69) is 4.90 Å². The number of carbonyl (C=O) groups excluding carboxylic acids is 2. The van der Waals surface area contributed by atoms with Crippen molar-refractivity contribution in [2.75, 3.05) is 46.5 Å². The van der Waals surface area contributed by atoms with Crippen molar-refractivity contribution in [2.24, 2.45) is 0 Å². The number of carbonyl (C=O) groups is 2. The van der Waals surface area contributed by atoms with Gasteiger partial charge in [0.05, 0.1) is 31.9 Å². The topological polar surface area (TPSA) is 88.5 Å². The second-order valence-corrected chi connectivity index (χ2v) is 9.53. The predicted molar refractivity (Wildman–Crippen MR) is 134 cm³/mol. The molecule has 0 saturated carbocycles. The lowest BCUT2D eigenvalue weighted by Gasteiger charge is -2.29. The second-order valence-electron chi connectivity index (χ2n) is 9.53. The molecule has 0 spiro atoms. The van der Waals surface area contributed by atoms with Gasteiger partial charge in [-0.1, -0.05) is 12.1 Å². The molecule has 2 atom stereocenters. The van der Waals surface area contributed by atoms with Crippen LogP contribution < -0.4 is 9.47 Å². The number of likely N-dealkylation sites (tertiary alicyclic amines) is 1. The van der Waals surface area contributed by atoms with E-state index in [1.807, 2.05) is 31.2 Å². The van der Waals surface area contributed by atoms with Crippen LogP contribution in [0.25, 0.3) is 5.76 Å². The number of nitrogens with zero attached hydrogens (tertiary/aromatic N) is 2. The van der Waals surface area contributed by atoms with Crippen LogP contribution in [0.15, 0.2) is 48.0 Å². The fourth-order valence-corrected chi connectivity index (χ4v) is 5.26. The summed E-state index contributed by atoms with van der Waals surface area (Å²) in [4.78, 5) is 30.4.